The van der Waals surface area contributed by atoms with E-state index in [-0.39, 0.29) is 6.54 Å². The molecular weight excluding hydrogens is 121 g/mol. The first-order valence-electron chi connectivity index (χ1n) is 3.23. The predicted molar refractivity (Wildman–Crippen MR) is 35.1 cm³/mol. The molecule has 0 rings (SSSR count). The van der Waals surface area contributed by atoms with E-state index in [1.165, 1.54) is 0 Å². The second-order valence-corrected chi connectivity index (χ2v) is 1.82. The van der Waals surface area contributed by atoms with Crippen LogP contribution in [0.2, 0.25) is 0 Å². The topological polar surface area (TPSA) is 35.2 Å². The third-order valence-corrected chi connectivity index (χ3v) is 1.04. The normalized spacial score (nSPS) is 13.7. The molecule has 3 heteroatoms. The summed E-state index contributed by atoms with van der Waals surface area (Å²) in [5.74, 6) is 0. The molecule has 0 aliphatic carbocycles. The van der Waals surface area contributed by atoms with E-state index in [1.54, 1.807) is 0 Å². The van der Waals surface area contributed by atoms with Gasteiger partial charge in [-0.3, -0.25) is 0 Å². The average Bonchev–Trinajstić information content (AvgIpc) is 1.89. The van der Waals surface area contributed by atoms with Crippen molar-refractivity contribution in [2.24, 2.45) is 5.73 Å². The Morgan fingerprint density at radius 1 is 1.67 bits per heavy atom. The fourth-order valence-corrected chi connectivity index (χ4v) is 0.473. The van der Waals surface area contributed by atoms with Gasteiger partial charge in [-0.1, -0.05) is 0 Å². The number of alkyl halides is 1. The Labute approximate surface area is 55.2 Å². The Hall–Kier alpha value is -0.150. The van der Waals surface area contributed by atoms with Gasteiger partial charge >= 0.3 is 0 Å². The molecule has 0 fully saturated rings. The first kappa shape index (κ1) is 8.85. The van der Waals surface area contributed by atoms with Crippen LogP contribution in [0.4, 0.5) is 4.39 Å². The van der Waals surface area contributed by atoms with Crippen LogP contribution >= 0.6 is 0 Å². The van der Waals surface area contributed by atoms with Gasteiger partial charge in [0.15, 0.2) is 0 Å². The zero-order valence-corrected chi connectivity index (χ0v) is 5.77. The van der Waals surface area contributed by atoms with Gasteiger partial charge in [0.1, 0.15) is 6.17 Å². The van der Waals surface area contributed by atoms with Gasteiger partial charge in [0, 0.05) is 26.2 Å². The summed E-state index contributed by atoms with van der Waals surface area (Å²) in [7, 11) is 0. The van der Waals surface area contributed by atoms with Gasteiger partial charge in [0.05, 0.1) is 0 Å². The summed E-state index contributed by atoms with van der Waals surface area (Å²) in [5.41, 5.74) is 5.02. The quantitative estimate of drug-likeness (QED) is 0.563. The zero-order valence-electron chi connectivity index (χ0n) is 5.77. The van der Waals surface area contributed by atoms with E-state index >= 15 is 0 Å². The van der Waals surface area contributed by atoms with Crippen molar-refractivity contribution in [3.8, 4) is 0 Å². The maximum absolute atomic E-state index is 12.3. The van der Waals surface area contributed by atoms with Crippen LogP contribution in [0.1, 0.15) is 13.3 Å². The van der Waals surface area contributed by atoms with Crippen LogP contribution in [0, 0.1) is 0 Å². The van der Waals surface area contributed by atoms with Crippen LogP contribution < -0.4 is 5.73 Å². The van der Waals surface area contributed by atoms with Gasteiger partial charge in [-0.05, 0) is 6.92 Å². The molecule has 2 nitrogen and oxygen atoms in total. The summed E-state index contributed by atoms with van der Waals surface area (Å²) in [6.07, 6.45) is -0.471. The van der Waals surface area contributed by atoms with Crippen LogP contribution in [0.3, 0.4) is 0 Å². The molecule has 0 aliphatic rings. The minimum absolute atomic E-state index is 0.104. The lowest BCUT2D eigenvalue weighted by Crippen LogP contribution is -2.16. The van der Waals surface area contributed by atoms with Crippen molar-refractivity contribution in [3.63, 3.8) is 0 Å². The Balaban J connectivity index is 2.88. The number of hydrogen-bond acceptors (Lipinski definition) is 2. The molecule has 2 N–H and O–H groups in total. The summed E-state index contributed by atoms with van der Waals surface area (Å²) in [6, 6.07) is 0. The van der Waals surface area contributed by atoms with E-state index in [0.717, 1.165) is 0 Å². The summed E-state index contributed by atoms with van der Waals surface area (Å²) in [4.78, 5) is 0. The van der Waals surface area contributed by atoms with Gasteiger partial charge in [0.25, 0.3) is 0 Å². The fourth-order valence-electron chi connectivity index (χ4n) is 0.473. The molecule has 0 amide bonds. The largest absolute Gasteiger partial charge is 0.382 e. The maximum Gasteiger partial charge on any atom is 0.114 e. The van der Waals surface area contributed by atoms with Crippen LogP contribution in [-0.4, -0.2) is 25.9 Å². The first-order valence-corrected chi connectivity index (χ1v) is 3.23. The van der Waals surface area contributed by atoms with E-state index < -0.39 is 6.17 Å². The molecule has 0 heterocycles. The van der Waals surface area contributed by atoms with Crippen LogP contribution in [0.5, 0.6) is 0 Å². The Morgan fingerprint density at radius 3 is 2.78 bits per heavy atom. The monoisotopic (exact) mass is 135 g/mol. The van der Waals surface area contributed by atoms with Gasteiger partial charge in [-0.2, -0.15) is 0 Å². The van der Waals surface area contributed by atoms with E-state index in [0.29, 0.717) is 19.6 Å². The van der Waals surface area contributed by atoms with E-state index in [1.807, 2.05) is 6.92 Å². The lowest BCUT2D eigenvalue weighted by molar-refractivity contribution is 0.124. The molecule has 0 saturated carbocycles. The second kappa shape index (κ2) is 5.98. The van der Waals surface area contributed by atoms with Crippen molar-refractivity contribution in [1.82, 2.24) is 0 Å². The number of halogens is 1. The van der Waals surface area contributed by atoms with Crippen LogP contribution in [0.25, 0.3) is 0 Å². The SMILES string of the molecule is CCOCC[C@@H](F)CN. The molecule has 0 aliphatic heterocycles. The van der Waals surface area contributed by atoms with Crippen molar-refractivity contribution in [3.05, 3.63) is 0 Å². The van der Waals surface area contributed by atoms with Crippen molar-refractivity contribution in [2.75, 3.05) is 19.8 Å². The van der Waals surface area contributed by atoms with Gasteiger partial charge in [-0.25, -0.2) is 4.39 Å². The fraction of sp³-hybridized carbons (Fsp3) is 1.00. The highest BCUT2D eigenvalue weighted by Gasteiger charge is 2.00. The minimum atomic E-state index is -0.892. The van der Waals surface area contributed by atoms with E-state index in [4.69, 9.17) is 10.5 Å². The second-order valence-electron chi connectivity index (χ2n) is 1.82. The van der Waals surface area contributed by atoms with Crippen molar-refractivity contribution in [2.45, 2.75) is 19.5 Å². The number of ether oxygens (including phenoxy) is 1. The number of hydrogen-bond donors (Lipinski definition) is 1. The molecule has 0 spiro atoms. The predicted octanol–water partition coefficient (Wildman–Crippen LogP) is 0.710. The molecule has 0 saturated heterocycles. The molecule has 9 heavy (non-hydrogen) atoms. The van der Waals surface area contributed by atoms with Crippen LogP contribution in [0.15, 0.2) is 0 Å². The molecule has 0 aromatic heterocycles. The highest BCUT2D eigenvalue weighted by atomic mass is 19.1. The lowest BCUT2D eigenvalue weighted by Gasteiger charge is -2.03. The molecule has 0 unspecified atom stereocenters. The highest BCUT2D eigenvalue weighted by Crippen LogP contribution is 1.94. The Bertz CT molecular complexity index is 61.0. The molecular formula is C6H14FNO. The molecule has 0 aromatic carbocycles. The Morgan fingerprint density at radius 2 is 2.33 bits per heavy atom. The lowest BCUT2D eigenvalue weighted by atomic mass is 10.3. The maximum atomic E-state index is 12.3. The average molecular weight is 135 g/mol. The van der Waals surface area contributed by atoms with Gasteiger partial charge in [0.2, 0.25) is 0 Å². The molecule has 0 bridgehead atoms. The van der Waals surface area contributed by atoms with Crippen molar-refractivity contribution in [1.29, 1.82) is 0 Å². The van der Waals surface area contributed by atoms with E-state index in [9.17, 15) is 4.39 Å². The van der Waals surface area contributed by atoms with Crippen molar-refractivity contribution >= 4 is 0 Å². The Kier molecular flexibility index (Phi) is 5.88. The van der Waals surface area contributed by atoms with Crippen LogP contribution in [-0.2, 0) is 4.74 Å². The molecule has 56 valence electrons. The van der Waals surface area contributed by atoms with E-state index in [2.05, 4.69) is 0 Å². The smallest absolute Gasteiger partial charge is 0.114 e. The summed E-state index contributed by atoms with van der Waals surface area (Å²) in [5, 5.41) is 0. The number of nitrogens with two attached hydrogens (primary N) is 1. The zero-order chi connectivity index (χ0) is 7.11. The highest BCUT2D eigenvalue weighted by molar-refractivity contribution is 4.53. The summed E-state index contributed by atoms with van der Waals surface area (Å²) in [6.45, 7) is 3.12. The first-order chi connectivity index (χ1) is 4.31. The third kappa shape index (κ3) is 5.73. The molecule has 0 radical (unpaired) electrons. The molecule has 1 atom stereocenters. The van der Waals surface area contributed by atoms with Crippen molar-refractivity contribution < 1.29 is 9.13 Å². The minimum Gasteiger partial charge on any atom is -0.382 e. The number of rotatable bonds is 5. The molecule has 0 aromatic rings. The standard InChI is InChI=1S/C6H14FNO/c1-2-9-4-3-6(7)5-8/h6H,2-5,8H2,1H3/t6-/m1/s1. The third-order valence-electron chi connectivity index (χ3n) is 1.04. The van der Waals surface area contributed by atoms with Gasteiger partial charge in [-0.15, -0.1) is 0 Å². The summed E-state index contributed by atoms with van der Waals surface area (Å²) < 4.78 is 17.2. The summed E-state index contributed by atoms with van der Waals surface area (Å²) >= 11 is 0. The van der Waals surface area contributed by atoms with Gasteiger partial charge < -0.3 is 10.5 Å².